The number of amides is 1. The van der Waals surface area contributed by atoms with E-state index in [1.165, 1.54) is 6.26 Å². The summed E-state index contributed by atoms with van der Waals surface area (Å²) >= 11 is 5.79. The zero-order valence-corrected chi connectivity index (χ0v) is 11.1. The molecule has 5 nitrogen and oxygen atoms in total. The van der Waals surface area contributed by atoms with Crippen LogP contribution in [0.5, 0.6) is 5.75 Å². The number of benzene rings is 1. The molecule has 0 aliphatic carbocycles. The number of carbonyl (C=O) groups excluding carboxylic acids is 1. The van der Waals surface area contributed by atoms with Crippen molar-refractivity contribution in [3.63, 3.8) is 0 Å². The van der Waals surface area contributed by atoms with Crippen molar-refractivity contribution in [3.8, 4) is 5.75 Å². The Bertz CT molecular complexity index is 525. The molecule has 0 saturated carbocycles. The fraction of sp³-hybridized carbons (Fsp3) is 0.231. The quantitative estimate of drug-likeness (QED) is 0.914. The third kappa shape index (κ3) is 3.72. The molecule has 1 amide bonds. The van der Waals surface area contributed by atoms with Gasteiger partial charge in [-0.1, -0.05) is 23.7 Å². The lowest BCUT2D eigenvalue weighted by molar-refractivity contribution is -0.122. The standard InChI is InChI=1S/C13H13ClN2O3/c1-2-11(13(17)15-12-7-8-18-16-12)19-10-5-3-9(14)4-6-10/h3-8,11H,2H2,1H3,(H,15,16,17)/t11-/m0/s1. The van der Waals surface area contributed by atoms with Crippen LogP contribution >= 0.6 is 11.6 Å². The number of nitrogens with zero attached hydrogens (tertiary/aromatic N) is 1. The maximum atomic E-state index is 12.0. The van der Waals surface area contributed by atoms with Gasteiger partial charge in [0.25, 0.3) is 5.91 Å². The van der Waals surface area contributed by atoms with E-state index in [9.17, 15) is 4.79 Å². The van der Waals surface area contributed by atoms with E-state index in [0.717, 1.165) is 0 Å². The van der Waals surface area contributed by atoms with Gasteiger partial charge in [-0.3, -0.25) is 4.79 Å². The Hall–Kier alpha value is -2.01. The smallest absolute Gasteiger partial charge is 0.266 e. The topological polar surface area (TPSA) is 64.4 Å². The molecule has 0 fully saturated rings. The summed E-state index contributed by atoms with van der Waals surface area (Å²) in [5, 5.41) is 6.84. The van der Waals surface area contributed by atoms with Crippen LogP contribution in [-0.4, -0.2) is 17.2 Å². The fourth-order valence-electron chi connectivity index (χ4n) is 1.48. The zero-order valence-electron chi connectivity index (χ0n) is 10.3. The number of rotatable bonds is 5. The predicted octanol–water partition coefficient (Wildman–Crippen LogP) is 3.12. The maximum Gasteiger partial charge on any atom is 0.266 e. The fourth-order valence-corrected chi connectivity index (χ4v) is 1.61. The molecule has 2 aromatic rings. The Morgan fingerprint density at radius 2 is 2.16 bits per heavy atom. The molecule has 0 spiro atoms. The van der Waals surface area contributed by atoms with E-state index in [0.29, 0.717) is 23.0 Å². The summed E-state index contributed by atoms with van der Waals surface area (Å²) in [6, 6.07) is 8.41. The van der Waals surface area contributed by atoms with E-state index in [4.69, 9.17) is 16.3 Å². The number of aromatic nitrogens is 1. The lowest BCUT2D eigenvalue weighted by Gasteiger charge is -2.16. The van der Waals surface area contributed by atoms with Crippen LogP contribution in [0.15, 0.2) is 41.1 Å². The van der Waals surface area contributed by atoms with E-state index < -0.39 is 6.10 Å². The van der Waals surface area contributed by atoms with Crippen molar-refractivity contribution in [1.29, 1.82) is 0 Å². The normalized spacial score (nSPS) is 11.9. The van der Waals surface area contributed by atoms with Crippen LogP contribution in [-0.2, 0) is 4.79 Å². The van der Waals surface area contributed by atoms with Gasteiger partial charge < -0.3 is 14.6 Å². The van der Waals surface area contributed by atoms with Crippen molar-refractivity contribution >= 4 is 23.3 Å². The minimum atomic E-state index is -0.599. The Labute approximate surface area is 115 Å². The molecule has 6 heteroatoms. The SMILES string of the molecule is CC[C@H](Oc1ccc(Cl)cc1)C(=O)Nc1ccon1. The molecule has 0 bridgehead atoms. The van der Waals surface area contributed by atoms with Gasteiger partial charge in [0.05, 0.1) is 0 Å². The molecule has 100 valence electrons. The van der Waals surface area contributed by atoms with Crippen LogP contribution in [0.3, 0.4) is 0 Å². The first-order chi connectivity index (χ1) is 9.19. The molecule has 19 heavy (non-hydrogen) atoms. The summed E-state index contributed by atoms with van der Waals surface area (Å²) in [5.74, 6) is 0.682. The number of hydrogen-bond acceptors (Lipinski definition) is 4. The van der Waals surface area contributed by atoms with E-state index in [2.05, 4.69) is 15.0 Å². The zero-order chi connectivity index (χ0) is 13.7. The first-order valence-corrected chi connectivity index (χ1v) is 6.20. The first-order valence-electron chi connectivity index (χ1n) is 5.82. The van der Waals surface area contributed by atoms with Crippen LogP contribution in [0, 0.1) is 0 Å². The monoisotopic (exact) mass is 280 g/mol. The molecule has 1 N–H and O–H groups in total. The van der Waals surface area contributed by atoms with Crippen molar-refractivity contribution in [2.75, 3.05) is 5.32 Å². The second-order valence-corrected chi connectivity index (χ2v) is 4.28. The molecule has 0 aliphatic rings. The van der Waals surface area contributed by atoms with Crippen LogP contribution in [0.1, 0.15) is 13.3 Å². The van der Waals surface area contributed by atoms with E-state index in [1.54, 1.807) is 30.3 Å². The van der Waals surface area contributed by atoms with E-state index >= 15 is 0 Å². The highest BCUT2D eigenvalue weighted by atomic mass is 35.5. The van der Waals surface area contributed by atoms with E-state index in [-0.39, 0.29) is 5.91 Å². The van der Waals surface area contributed by atoms with Crippen molar-refractivity contribution in [1.82, 2.24) is 5.16 Å². The number of hydrogen-bond donors (Lipinski definition) is 1. The predicted molar refractivity (Wildman–Crippen MR) is 71.3 cm³/mol. The number of anilines is 1. The van der Waals surface area contributed by atoms with Crippen LogP contribution < -0.4 is 10.1 Å². The molecule has 2 rings (SSSR count). The lowest BCUT2D eigenvalue weighted by atomic mass is 10.2. The van der Waals surface area contributed by atoms with Crippen molar-refractivity contribution in [2.45, 2.75) is 19.4 Å². The van der Waals surface area contributed by atoms with Gasteiger partial charge in [0, 0.05) is 11.1 Å². The minimum absolute atomic E-state index is 0.272. The Morgan fingerprint density at radius 1 is 1.42 bits per heavy atom. The van der Waals surface area contributed by atoms with Crippen LogP contribution in [0.25, 0.3) is 0 Å². The number of ether oxygens (including phenoxy) is 1. The molecular formula is C13H13ClN2O3. The third-order valence-electron chi connectivity index (χ3n) is 2.44. The number of carbonyl (C=O) groups is 1. The van der Waals surface area contributed by atoms with Gasteiger partial charge in [0.1, 0.15) is 12.0 Å². The Balaban J connectivity index is 1.99. The van der Waals surface area contributed by atoms with Crippen molar-refractivity contribution in [3.05, 3.63) is 41.6 Å². The summed E-state index contributed by atoms with van der Waals surface area (Å²) in [4.78, 5) is 12.0. The van der Waals surface area contributed by atoms with Gasteiger partial charge in [0.15, 0.2) is 11.9 Å². The Morgan fingerprint density at radius 3 is 2.74 bits per heavy atom. The summed E-state index contributed by atoms with van der Waals surface area (Å²) in [5.41, 5.74) is 0. The molecule has 0 saturated heterocycles. The first kappa shape index (κ1) is 13.4. The van der Waals surface area contributed by atoms with Gasteiger partial charge in [-0.15, -0.1) is 0 Å². The molecular weight excluding hydrogens is 268 g/mol. The molecule has 1 heterocycles. The molecule has 0 radical (unpaired) electrons. The van der Waals surface area contributed by atoms with Crippen LogP contribution in [0.2, 0.25) is 5.02 Å². The highest BCUT2D eigenvalue weighted by Crippen LogP contribution is 2.18. The van der Waals surface area contributed by atoms with Gasteiger partial charge in [-0.2, -0.15) is 0 Å². The summed E-state index contributed by atoms with van der Waals surface area (Å²) < 4.78 is 10.2. The van der Waals surface area contributed by atoms with Gasteiger partial charge in [0.2, 0.25) is 0 Å². The van der Waals surface area contributed by atoms with Crippen LogP contribution in [0.4, 0.5) is 5.82 Å². The highest BCUT2D eigenvalue weighted by molar-refractivity contribution is 6.30. The largest absolute Gasteiger partial charge is 0.481 e. The van der Waals surface area contributed by atoms with Crippen molar-refractivity contribution in [2.24, 2.45) is 0 Å². The summed E-state index contributed by atoms with van der Waals surface area (Å²) in [7, 11) is 0. The van der Waals surface area contributed by atoms with Crippen molar-refractivity contribution < 1.29 is 14.1 Å². The van der Waals surface area contributed by atoms with Gasteiger partial charge in [-0.25, -0.2) is 0 Å². The number of nitrogens with one attached hydrogen (secondary N) is 1. The molecule has 0 unspecified atom stereocenters. The molecule has 1 atom stereocenters. The Kier molecular flexibility index (Phi) is 4.41. The van der Waals surface area contributed by atoms with E-state index in [1.807, 2.05) is 6.92 Å². The average Bonchev–Trinajstić information content (AvgIpc) is 2.90. The second-order valence-electron chi connectivity index (χ2n) is 3.84. The lowest BCUT2D eigenvalue weighted by Crippen LogP contribution is -2.32. The highest BCUT2D eigenvalue weighted by Gasteiger charge is 2.19. The summed E-state index contributed by atoms with van der Waals surface area (Å²) in [6.07, 6.45) is 1.32. The average molecular weight is 281 g/mol. The summed E-state index contributed by atoms with van der Waals surface area (Å²) in [6.45, 7) is 1.86. The molecule has 0 aliphatic heterocycles. The second kappa shape index (κ2) is 6.24. The van der Waals surface area contributed by atoms with Gasteiger partial charge >= 0.3 is 0 Å². The molecule has 1 aromatic carbocycles. The molecule has 1 aromatic heterocycles. The maximum absolute atomic E-state index is 12.0. The van der Waals surface area contributed by atoms with Gasteiger partial charge in [-0.05, 0) is 30.7 Å². The minimum Gasteiger partial charge on any atom is -0.481 e. The third-order valence-corrected chi connectivity index (χ3v) is 2.70. The number of halogens is 1.